The lowest BCUT2D eigenvalue weighted by Crippen LogP contribution is -2.22. The Kier molecular flexibility index (Phi) is 7.06. The number of aliphatic hydroxyl groups excluding tert-OH is 3. The van der Waals surface area contributed by atoms with Gasteiger partial charge in [-0.25, -0.2) is 0 Å². The van der Waals surface area contributed by atoms with Gasteiger partial charge in [0.05, 0.1) is 18.3 Å². The first-order valence-electron chi connectivity index (χ1n) is 6.88. The van der Waals surface area contributed by atoms with E-state index in [0.717, 1.165) is 0 Å². The van der Waals surface area contributed by atoms with Gasteiger partial charge in [-0.3, -0.25) is 0 Å². The second-order valence-electron chi connectivity index (χ2n) is 5.00. The van der Waals surface area contributed by atoms with Gasteiger partial charge in [0.15, 0.2) is 0 Å². The third kappa shape index (κ3) is 7.59. The molecular formula is C12H24N6O3. The third-order valence-electron chi connectivity index (χ3n) is 2.30. The summed E-state index contributed by atoms with van der Waals surface area (Å²) in [5.74, 6) is 0.895. The van der Waals surface area contributed by atoms with Crippen LogP contribution in [0.1, 0.15) is 20.8 Å². The van der Waals surface area contributed by atoms with E-state index < -0.39 is 18.3 Å². The Morgan fingerprint density at radius 1 is 0.667 bits per heavy atom. The van der Waals surface area contributed by atoms with Crippen LogP contribution in [0.25, 0.3) is 0 Å². The zero-order valence-electron chi connectivity index (χ0n) is 12.5. The van der Waals surface area contributed by atoms with Crippen LogP contribution in [0.2, 0.25) is 0 Å². The van der Waals surface area contributed by atoms with Crippen molar-refractivity contribution in [1.29, 1.82) is 0 Å². The number of anilines is 3. The van der Waals surface area contributed by atoms with E-state index in [0.29, 0.717) is 37.5 Å². The van der Waals surface area contributed by atoms with Gasteiger partial charge in [-0.05, 0) is 20.8 Å². The fourth-order valence-corrected chi connectivity index (χ4v) is 1.33. The number of nitrogens with zero attached hydrogens (tertiary/aromatic N) is 3. The molecule has 0 saturated heterocycles. The summed E-state index contributed by atoms with van der Waals surface area (Å²) in [5.41, 5.74) is 0. The quantitative estimate of drug-likeness (QED) is 0.348. The maximum atomic E-state index is 9.27. The van der Waals surface area contributed by atoms with E-state index in [1.165, 1.54) is 0 Å². The van der Waals surface area contributed by atoms with Crippen LogP contribution < -0.4 is 16.0 Å². The standard InChI is InChI=1S/C12H24N6O3/c1-7(19)4-13-10-16-11(14-5-8(2)20)18-12(17-10)15-6-9(3)21/h7-9,19-21H,4-6H2,1-3H3,(H3,13,14,15,16,17,18). The Bertz CT molecular complexity index is 353. The van der Waals surface area contributed by atoms with Gasteiger partial charge in [0, 0.05) is 19.6 Å². The molecule has 0 spiro atoms. The summed E-state index contributed by atoms with van der Waals surface area (Å²) in [6.45, 7) is 5.84. The number of rotatable bonds is 9. The van der Waals surface area contributed by atoms with Gasteiger partial charge in [0.2, 0.25) is 17.8 Å². The van der Waals surface area contributed by atoms with Gasteiger partial charge in [0.1, 0.15) is 0 Å². The van der Waals surface area contributed by atoms with Gasteiger partial charge in [-0.2, -0.15) is 15.0 Å². The molecule has 0 aromatic carbocycles. The first-order chi connectivity index (χ1) is 9.86. The van der Waals surface area contributed by atoms with Gasteiger partial charge in [-0.15, -0.1) is 0 Å². The van der Waals surface area contributed by atoms with E-state index in [9.17, 15) is 15.3 Å². The molecule has 0 aliphatic rings. The summed E-state index contributed by atoms with van der Waals surface area (Å²) >= 11 is 0. The average Bonchev–Trinajstić information content (AvgIpc) is 2.40. The largest absolute Gasteiger partial charge is 0.392 e. The summed E-state index contributed by atoms with van der Waals surface area (Å²) in [6.07, 6.45) is -1.61. The predicted octanol–water partition coefficient (Wildman–Crippen LogP) is -0.750. The molecule has 1 aromatic rings. The van der Waals surface area contributed by atoms with Crippen molar-refractivity contribution in [2.75, 3.05) is 35.6 Å². The lowest BCUT2D eigenvalue weighted by Gasteiger charge is -2.13. The van der Waals surface area contributed by atoms with Crippen molar-refractivity contribution < 1.29 is 15.3 Å². The Balaban J connectivity index is 2.79. The smallest absolute Gasteiger partial charge is 0.229 e. The van der Waals surface area contributed by atoms with Crippen molar-refractivity contribution in [2.24, 2.45) is 0 Å². The maximum absolute atomic E-state index is 9.27. The lowest BCUT2D eigenvalue weighted by atomic mass is 10.4. The SMILES string of the molecule is CC(O)CNc1nc(NCC(C)O)nc(NCC(C)O)n1. The maximum Gasteiger partial charge on any atom is 0.229 e. The van der Waals surface area contributed by atoms with Crippen LogP contribution in [0.3, 0.4) is 0 Å². The summed E-state index contributed by atoms with van der Waals surface area (Å²) < 4.78 is 0. The molecule has 0 fully saturated rings. The van der Waals surface area contributed by atoms with Crippen LogP contribution in [0.5, 0.6) is 0 Å². The van der Waals surface area contributed by atoms with Crippen molar-refractivity contribution in [3.63, 3.8) is 0 Å². The molecule has 0 amide bonds. The van der Waals surface area contributed by atoms with Crippen molar-refractivity contribution in [2.45, 2.75) is 39.1 Å². The van der Waals surface area contributed by atoms with Crippen molar-refractivity contribution >= 4 is 17.8 Å². The molecule has 3 unspecified atom stereocenters. The highest BCUT2D eigenvalue weighted by Gasteiger charge is 2.08. The molecule has 21 heavy (non-hydrogen) atoms. The summed E-state index contributed by atoms with van der Waals surface area (Å²) in [6, 6.07) is 0. The molecule has 0 aliphatic carbocycles. The monoisotopic (exact) mass is 300 g/mol. The third-order valence-corrected chi connectivity index (χ3v) is 2.30. The molecule has 6 N–H and O–H groups in total. The molecule has 9 nitrogen and oxygen atoms in total. The highest BCUT2D eigenvalue weighted by molar-refractivity contribution is 5.42. The topological polar surface area (TPSA) is 135 Å². The number of aliphatic hydroxyl groups is 3. The van der Waals surface area contributed by atoms with E-state index in [1.54, 1.807) is 20.8 Å². The van der Waals surface area contributed by atoms with Gasteiger partial charge in [0.25, 0.3) is 0 Å². The minimum Gasteiger partial charge on any atom is -0.392 e. The van der Waals surface area contributed by atoms with Crippen molar-refractivity contribution in [3.05, 3.63) is 0 Å². The normalized spacial score (nSPS) is 15.1. The first kappa shape index (κ1) is 17.3. The molecule has 3 atom stereocenters. The molecule has 1 heterocycles. The Morgan fingerprint density at radius 2 is 0.905 bits per heavy atom. The number of hydrogen-bond donors (Lipinski definition) is 6. The van der Waals surface area contributed by atoms with Crippen LogP contribution in [-0.2, 0) is 0 Å². The van der Waals surface area contributed by atoms with E-state index in [1.807, 2.05) is 0 Å². The second kappa shape index (κ2) is 8.55. The molecule has 0 aliphatic heterocycles. The Labute approximate surface area is 123 Å². The minimum absolute atomic E-state index is 0.298. The van der Waals surface area contributed by atoms with E-state index in [2.05, 4.69) is 30.9 Å². The number of aromatic nitrogens is 3. The second-order valence-corrected chi connectivity index (χ2v) is 5.00. The fraction of sp³-hybridized carbons (Fsp3) is 0.750. The van der Waals surface area contributed by atoms with Crippen LogP contribution in [0.4, 0.5) is 17.8 Å². The van der Waals surface area contributed by atoms with Crippen LogP contribution >= 0.6 is 0 Å². The average molecular weight is 300 g/mol. The van der Waals surface area contributed by atoms with Crippen molar-refractivity contribution in [3.8, 4) is 0 Å². The van der Waals surface area contributed by atoms with E-state index >= 15 is 0 Å². The summed E-state index contributed by atoms with van der Waals surface area (Å²) in [5, 5.41) is 36.5. The zero-order chi connectivity index (χ0) is 15.8. The molecule has 120 valence electrons. The summed E-state index contributed by atoms with van der Waals surface area (Å²) in [7, 11) is 0. The number of nitrogens with one attached hydrogen (secondary N) is 3. The Morgan fingerprint density at radius 3 is 1.10 bits per heavy atom. The highest BCUT2D eigenvalue weighted by Crippen LogP contribution is 2.09. The number of hydrogen-bond acceptors (Lipinski definition) is 9. The zero-order valence-corrected chi connectivity index (χ0v) is 12.5. The molecule has 1 aromatic heterocycles. The highest BCUT2D eigenvalue weighted by atomic mass is 16.3. The molecule has 0 saturated carbocycles. The summed E-state index contributed by atoms with van der Waals surface area (Å²) in [4.78, 5) is 12.4. The van der Waals surface area contributed by atoms with Gasteiger partial charge < -0.3 is 31.3 Å². The molecule has 1 rings (SSSR count). The predicted molar refractivity (Wildman–Crippen MR) is 80.3 cm³/mol. The van der Waals surface area contributed by atoms with E-state index in [4.69, 9.17) is 0 Å². The van der Waals surface area contributed by atoms with Gasteiger partial charge in [-0.1, -0.05) is 0 Å². The molecule has 0 bridgehead atoms. The van der Waals surface area contributed by atoms with E-state index in [-0.39, 0.29) is 0 Å². The molecule has 0 radical (unpaired) electrons. The molecular weight excluding hydrogens is 276 g/mol. The fourth-order valence-electron chi connectivity index (χ4n) is 1.33. The Hall–Kier alpha value is -1.71. The molecule has 9 heteroatoms. The van der Waals surface area contributed by atoms with Crippen molar-refractivity contribution in [1.82, 2.24) is 15.0 Å². The minimum atomic E-state index is -0.537. The first-order valence-corrected chi connectivity index (χ1v) is 6.88. The van der Waals surface area contributed by atoms with Crippen LogP contribution in [-0.4, -0.2) is 68.2 Å². The van der Waals surface area contributed by atoms with Crippen LogP contribution in [0, 0.1) is 0 Å². The van der Waals surface area contributed by atoms with Gasteiger partial charge >= 0.3 is 0 Å². The lowest BCUT2D eigenvalue weighted by molar-refractivity contribution is 0.208. The van der Waals surface area contributed by atoms with Crippen LogP contribution in [0.15, 0.2) is 0 Å².